The Hall–Kier alpha value is -2.82. The number of carbonyl (C=O) groups is 4. The van der Waals surface area contributed by atoms with Gasteiger partial charge in [0.05, 0.1) is 0 Å². The lowest BCUT2D eigenvalue weighted by Gasteiger charge is -2.32. The maximum atomic E-state index is 13.2. The van der Waals surface area contributed by atoms with E-state index >= 15 is 0 Å². The molecule has 1 aliphatic heterocycles. The molecule has 0 aromatic rings. The lowest BCUT2D eigenvalue weighted by Crippen LogP contribution is -2.58. The molecule has 2 unspecified atom stereocenters. The number of nitrogens with one attached hydrogen (secondary N) is 2. The lowest BCUT2D eigenvalue weighted by molar-refractivity contribution is -0.144. The Morgan fingerprint density at radius 1 is 1.30 bits per heavy atom. The van der Waals surface area contributed by atoms with Crippen molar-refractivity contribution in [1.82, 2.24) is 20.7 Å². The number of hydrogen-bond donors (Lipinski definition) is 3. The summed E-state index contributed by atoms with van der Waals surface area (Å²) in [6.07, 6.45) is 3.56. The monoisotopic (exact) mass is 468 g/mol. The summed E-state index contributed by atoms with van der Waals surface area (Å²) in [6, 6.07) is -1.49. The highest BCUT2D eigenvalue weighted by Crippen LogP contribution is 2.44. The van der Waals surface area contributed by atoms with Crippen molar-refractivity contribution in [3.63, 3.8) is 0 Å². The molecule has 1 heterocycles. The minimum atomic E-state index is -1.38. The van der Waals surface area contributed by atoms with Gasteiger partial charge in [-0.2, -0.15) is 0 Å². The van der Waals surface area contributed by atoms with E-state index in [2.05, 4.69) is 17.3 Å². The first-order chi connectivity index (χ1) is 15.4. The van der Waals surface area contributed by atoms with Crippen molar-refractivity contribution >= 4 is 24.0 Å². The smallest absolute Gasteiger partial charge is 0.426 e. The molecule has 11 nitrogen and oxygen atoms in total. The molecule has 0 aromatic carbocycles. The average Bonchev–Trinajstić information content (AvgIpc) is 3.21. The van der Waals surface area contributed by atoms with E-state index in [1.807, 2.05) is 6.92 Å². The Balaban J connectivity index is 2.10. The molecule has 2 aliphatic rings. The number of urea groups is 1. The highest BCUT2D eigenvalue weighted by molar-refractivity contribution is 5.94. The Morgan fingerprint density at radius 3 is 2.55 bits per heavy atom. The van der Waals surface area contributed by atoms with Gasteiger partial charge in [0.25, 0.3) is 0 Å². The minimum absolute atomic E-state index is 0.222. The predicted octanol–water partition coefficient (Wildman–Crippen LogP) is 2.23. The zero-order valence-corrected chi connectivity index (χ0v) is 19.9. The van der Waals surface area contributed by atoms with E-state index in [0.717, 1.165) is 17.9 Å². The quantitative estimate of drug-likeness (QED) is 0.204. The zero-order chi connectivity index (χ0) is 24.8. The van der Waals surface area contributed by atoms with Gasteiger partial charge in [0.15, 0.2) is 0 Å². The van der Waals surface area contributed by atoms with Crippen LogP contribution >= 0.6 is 0 Å². The molecule has 186 valence electrons. The van der Waals surface area contributed by atoms with Gasteiger partial charge < -0.3 is 24.8 Å². The van der Waals surface area contributed by atoms with Gasteiger partial charge in [-0.3, -0.25) is 4.79 Å². The van der Waals surface area contributed by atoms with E-state index in [1.54, 1.807) is 20.8 Å². The number of carboxylic acids is 1. The second-order valence-corrected chi connectivity index (χ2v) is 9.38. The largest absolute Gasteiger partial charge is 0.479 e. The second-order valence-electron chi connectivity index (χ2n) is 9.38. The zero-order valence-electron chi connectivity index (χ0n) is 19.9. The normalized spacial score (nSPS) is 24.1. The standard InChI is InChI=1S/C22H36N4O7/c1-6-8-12-32-14-26(24-19(30)33-21(3,4)5)20(31)25-11-9-10-16(25)17(27)23-22(18(28)29)13-15(22)7-2/h7,15-16H,2,6,8-14H2,1,3-5H3,(H,23,27)(H,24,30)(H,28,29)/t15?,16?,22-/m1/s1. The average molecular weight is 469 g/mol. The van der Waals surface area contributed by atoms with Crippen LogP contribution in [0.3, 0.4) is 0 Å². The van der Waals surface area contributed by atoms with Gasteiger partial charge >= 0.3 is 18.1 Å². The number of ether oxygens (including phenoxy) is 2. The van der Waals surface area contributed by atoms with E-state index in [1.165, 1.54) is 11.0 Å². The molecule has 0 spiro atoms. The van der Waals surface area contributed by atoms with Gasteiger partial charge in [-0.05, 0) is 46.5 Å². The molecule has 33 heavy (non-hydrogen) atoms. The first-order valence-corrected chi connectivity index (χ1v) is 11.3. The SMILES string of the molecule is C=CC1C[C@]1(NC(=O)C1CCCN1C(=O)N(COCCCC)NC(=O)OC(C)(C)C)C(=O)O. The third-order valence-electron chi connectivity index (χ3n) is 5.55. The van der Waals surface area contributed by atoms with Crippen molar-refractivity contribution in [1.29, 1.82) is 0 Å². The summed E-state index contributed by atoms with van der Waals surface area (Å²) in [5.74, 6) is -2.03. The number of hydrazine groups is 1. The lowest BCUT2D eigenvalue weighted by atomic mass is 10.1. The molecule has 0 bridgehead atoms. The molecule has 0 aromatic heterocycles. The molecular weight excluding hydrogens is 432 g/mol. The van der Waals surface area contributed by atoms with Gasteiger partial charge in [0, 0.05) is 19.1 Å². The van der Waals surface area contributed by atoms with E-state index in [9.17, 15) is 24.3 Å². The first kappa shape index (κ1) is 26.4. The highest BCUT2D eigenvalue weighted by Gasteiger charge is 2.61. The van der Waals surface area contributed by atoms with Crippen LogP contribution in [0.1, 0.15) is 59.8 Å². The van der Waals surface area contributed by atoms with Gasteiger partial charge in [0.2, 0.25) is 5.91 Å². The van der Waals surface area contributed by atoms with Gasteiger partial charge in [-0.15, -0.1) is 6.58 Å². The number of nitrogens with zero attached hydrogens (tertiary/aromatic N) is 2. The van der Waals surface area contributed by atoms with Crippen molar-refractivity contribution < 1.29 is 33.8 Å². The van der Waals surface area contributed by atoms with Crippen LogP contribution in [-0.2, 0) is 19.1 Å². The topological polar surface area (TPSA) is 138 Å². The summed E-state index contributed by atoms with van der Waals surface area (Å²) in [4.78, 5) is 51.5. The molecule has 3 N–H and O–H groups in total. The van der Waals surface area contributed by atoms with E-state index in [-0.39, 0.29) is 25.6 Å². The Bertz CT molecular complexity index is 766. The van der Waals surface area contributed by atoms with Crippen molar-refractivity contribution in [2.75, 3.05) is 19.9 Å². The summed E-state index contributed by atoms with van der Waals surface area (Å²) in [5, 5.41) is 13.1. The summed E-state index contributed by atoms with van der Waals surface area (Å²) in [7, 11) is 0. The van der Waals surface area contributed by atoms with Crippen LogP contribution in [0.5, 0.6) is 0 Å². The molecule has 1 aliphatic carbocycles. The fourth-order valence-corrected chi connectivity index (χ4v) is 3.69. The van der Waals surface area contributed by atoms with E-state index in [0.29, 0.717) is 19.4 Å². The molecule has 1 saturated heterocycles. The van der Waals surface area contributed by atoms with Crippen LogP contribution in [0, 0.1) is 5.92 Å². The Kier molecular flexibility index (Phi) is 8.70. The fourth-order valence-electron chi connectivity index (χ4n) is 3.69. The van der Waals surface area contributed by atoms with Crippen LogP contribution in [0.2, 0.25) is 0 Å². The molecule has 3 atom stereocenters. The number of hydrogen-bond acceptors (Lipinski definition) is 6. The number of amides is 4. The maximum Gasteiger partial charge on any atom is 0.426 e. The van der Waals surface area contributed by atoms with Crippen LogP contribution in [0.15, 0.2) is 12.7 Å². The van der Waals surface area contributed by atoms with E-state index in [4.69, 9.17) is 9.47 Å². The molecule has 0 radical (unpaired) electrons. The number of unbranched alkanes of at least 4 members (excludes halogenated alkanes) is 1. The van der Waals surface area contributed by atoms with E-state index < -0.39 is 41.2 Å². The first-order valence-electron chi connectivity index (χ1n) is 11.3. The number of likely N-dealkylation sites (tertiary alicyclic amines) is 1. The van der Waals surface area contributed by atoms with Crippen molar-refractivity contribution in [2.45, 2.75) is 77.0 Å². The van der Waals surface area contributed by atoms with Crippen LogP contribution in [-0.4, -0.2) is 76.1 Å². The minimum Gasteiger partial charge on any atom is -0.479 e. The van der Waals surface area contributed by atoms with Crippen LogP contribution in [0.25, 0.3) is 0 Å². The van der Waals surface area contributed by atoms with Crippen molar-refractivity contribution in [2.24, 2.45) is 5.92 Å². The maximum absolute atomic E-state index is 13.2. The molecule has 1 saturated carbocycles. The van der Waals surface area contributed by atoms with Gasteiger partial charge in [0.1, 0.15) is 23.9 Å². The number of carboxylic acid groups (broad SMARTS) is 1. The van der Waals surface area contributed by atoms with Crippen LogP contribution in [0.4, 0.5) is 9.59 Å². The molecule has 2 rings (SSSR count). The van der Waals surface area contributed by atoms with Gasteiger partial charge in [-0.1, -0.05) is 19.4 Å². The molecule has 4 amide bonds. The predicted molar refractivity (Wildman–Crippen MR) is 119 cm³/mol. The summed E-state index contributed by atoms with van der Waals surface area (Å²) >= 11 is 0. The highest BCUT2D eigenvalue weighted by atomic mass is 16.6. The Labute approximate surface area is 194 Å². The number of carbonyl (C=O) groups excluding carboxylic acids is 3. The summed E-state index contributed by atoms with van der Waals surface area (Å²) < 4.78 is 10.7. The third-order valence-corrected chi connectivity index (χ3v) is 5.55. The van der Waals surface area contributed by atoms with Crippen molar-refractivity contribution in [3.05, 3.63) is 12.7 Å². The number of aliphatic carboxylic acids is 1. The van der Waals surface area contributed by atoms with Gasteiger partial charge in [-0.25, -0.2) is 24.8 Å². The Morgan fingerprint density at radius 2 is 2.00 bits per heavy atom. The van der Waals surface area contributed by atoms with Crippen molar-refractivity contribution in [3.8, 4) is 0 Å². The fraction of sp³-hybridized carbons (Fsp3) is 0.727. The summed E-state index contributed by atoms with van der Waals surface area (Å²) in [5.41, 5.74) is 0.249. The summed E-state index contributed by atoms with van der Waals surface area (Å²) in [6.45, 7) is 11.2. The molecule has 2 fully saturated rings. The second kappa shape index (κ2) is 10.9. The molecular formula is C22H36N4O7. The van der Waals surface area contributed by atoms with Crippen LogP contribution < -0.4 is 10.7 Å². The molecule has 11 heteroatoms. The number of rotatable bonds is 9. The third kappa shape index (κ3) is 6.83.